The smallest absolute Gasteiger partial charge is 0.316 e. The first-order chi connectivity index (χ1) is 6.07. The fourth-order valence-electron chi connectivity index (χ4n) is 1.03. The normalized spacial score (nSPS) is 21.8. The summed E-state index contributed by atoms with van der Waals surface area (Å²) in [6.45, 7) is 0. The minimum absolute atomic E-state index is 0.116. The van der Waals surface area contributed by atoms with Gasteiger partial charge in [0.25, 0.3) is 0 Å². The average Bonchev–Trinajstić information content (AvgIpc) is 2.09. The van der Waals surface area contributed by atoms with Crippen LogP contribution < -0.4 is 0 Å². The van der Waals surface area contributed by atoms with Crippen molar-refractivity contribution in [2.24, 2.45) is 0 Å². The number of alkyl halides is 1. The van der Waals surface area contributed by atoms with Crippen molar-refractivity contribution in [3.63, 3.8) is 0 Å². The molecule has 0 heterocycles. The highest BCUT2D eigenvalue weighted by molar-refractivity contribution is 6.35. The first kappa shape index (κ1) is 9.96. The van der Waals surface area contributed by atoms with Crippen LogP contribution in [0.1, 0.15) is 0 Å². The van der Waals surface area contributed by atoms with E-state index >= 15 is 0 Å². The lowest BCUT2D eigenvalue weighted by molar-refractivity contribution is -0.00578. The summed E-state index contributed by atoms with van der Waals surface area (Å²) in [5.74, 6) is -0.498. The molecule has 0 aromatic rings. The molecule has 0 N–H and O–H groups in total. The molecule has 0 amide bonds. The Morgan fingerprint density at radius 3 is 2.62 bits per heavy atom. The van der Waals surface area contributed by atoms with Gasteiger partial charge in [0.1, 0.15) is 0 Å². The molecule has 0 bridgehead atoms. The topological polar surface area (TPSA) is 39.6 Å². The predicted octanol–water partition coefficient (Wildman–Crippen LogP) is 1.58. The van der Waals surface area contributed by atoms with Gasteiger partial charge in [-0.3, -0.25) is 0 Å². The van der Waals surface area contributed by atoms with Gasteiger partial charge in [0.15, 0.2) is 11.2 Å². The van der Waals surface area contributed by atoms with Gasteiger partial charge >= 0.3 is 5.71 Å². The third-order valence-corrected chi connectivity index (χ3v) is 2.15. The Hall–Kier alpha value is -1.12. The van der Waals surface area contributed by atoms with Crippen LogP contribution in [-0.4, -0.2) is 34.9 Å². The number of hydrogen-bond donors (Lipinski definition) is 0. The zero-order valence-electron chi connectivity index (χ0n) is 7.33. The molecule has 1 atom stereocenters. The summed E-state index contributed by atoms with van der Waals surface area (Å²) in [5, 5.41) is -0.993. The summed E-state index contributed by atoms with van der Waals surface area (Å²) in [6.07, 6.45) is 3.00. The highest BCUT2D eigenvalue weighted by Crippen LogP contribution is 2.23. The molecule has 0 saturated carbocycles. The lowest BCUT2D eigenvalue weighted by Gasteiger charge is -2.18. The molecule has 70 valence electrons. The fraction of sp³-hybridized carbons (Fsp3) is 0.375. The molecule has 13 heavy (non-hydrogen) atoms. The number of rotatable bonds is 1. The third kappa shape index (κ3) is 1.79. The first-order valence-electron chi connectivity index (χ1n) is 3.69. The molecule has 1 aliphatic carbocycles. The van der Waals surface area contributed by atoms with E-state index in [2.05, 4.69) is 4.79 Å². The van der Waals surface area contributed by atoms with Crippen LogP contribution >= 0.6 is 11.6 Å². The van der Waals surface area contributed by atoms with E-state index in [0.29, 0.717) is 5.70 Å². The summed E-state index contributed by atoms with van der Waals surface area (Å²) in [7, 11) is 3.42. The van der Waals surface area contributed by atoms with Crippen LogP contribution in [0.25, 0.3) is 5.53 Å². The molecule has 0 spiro atoms. The fourth-order valence-corrected chi connectivity index (χ4v) is 1.26. The van der Waals surface area contributed by atoms with Crippen molar-refractivity contribution in [3.8, 4) is 0 Å². The minimum atomic E-state index is -0.993. The van der Waals surface area contributed by atoms with Gasteiger partial charge in [-0.2, -0.15) is 4.79 Å². The maximum atomic E-state index is 13.4. The number of hydrogen-bond acceptors (Lipinski definition) is 1. The lowest BCUT2D eigenvalue weighted by Crippen LogP contribution is -2.23. The molecule has 1 rings (SSSR count). The van der Waals surface area contributed by atoms with Gasteiger partial charge in [0.05, 0.1) is 5.70 Å². The summed E-state index contributed by atoms with van der Waals surface area (Å²) in [5.41, 5.74) is 8.96. The van der Waals surface area contributed by atoms with Crippen molar-refractivity contribution in [1.82, 2.24) is 4.90 Å². The van der Waals surface area contributed by atoms with Gasteiger partial charge in [-0.25, -0.2) is 4.39 Å². The second-order valence-corrected chi connectivity index (χ2v) is 3.28. The van der Waals surface area contributed by atoms with Gasteiger partial charge in [-0.05, 0) is 6.08 Å². The summed E-state index contributed by atoms with van der Waals surface area (Å²) < 4.78 is 13.4. The molecule has 0 fully saturated rings. The van der Waals surface area contributed by atoms with Crippen molar-refractivity contribution in [1.29, 1.82) is 0 Å². The number of allylic oxidation sites excluding steroid dienone is 3. The van der Waals surface area contributed by atoms with E-state index < -0.39 is 11.2 Å². The lowest BCUT2D eigenvalue weighted by atomic mass is 10.1. The molecule has 3 nitrogen and oxygen atoms in total. The molecule has 0 aromatic heterocycles. The maximum absolute atomic E-state index is 13.4. The second kappa shape index (κ2) is 3.73. The second-order valence-electron chi connectivity index (χ2n) is 2.85. The van der Waals surface area contributed by atoms with Crippen LogP contribution in [-0.2, 0) is 0 Å². The van der Waals surface area contributed by atoms with E-state index in [1.54, 1.807) is 19.0 Å². The molecule has 0 radical (unpaired) electrons. The van der Waals surface area contributed by atoms with E-state index in [9.17, 15) is 4.39 Å². The van der Waals surface area contributed by atoms with Crippen LogP contribution in [0, 0.1) is 0 Å². The third-order valence-electron chi connectivity index (χ3n) is 1.74. The van der Waals surface area contributed by atoms with Gasteiger partial charge in [0, 0.05) is 20.2 Å². The van der Waals surface area contributed by atoms with Crippen molar-refractivity contribution in [3.05, 3.63) is 29.2 Å². The molecule has 0 saturated heterocycles. The number of likely N-dealkylation sites (N-methyl/N-ethyl adjacent to an activating group) is 1. The standard InChI is InChI=1S/C8H9ClFN3/c1-13(2)6-4-3-5(12-11)7(9)8(6)10/h3-4,7H,1-2H3. The molecular weight excluding hydrogens is 193 g/mol. The number of halogens is 2. The quantitative estimate of drug-likeness (QED) is 0.361. The molecule has 1 aliphatic rings. The summed E-state index contributed by atoms with van der Waals surface area (Å²) in [4.78, 5) is 4.48. The van der Waals surface area contributed by atoms with E-state index in [-0.39, 0.29) is 5.71 Å². The highest BCUT2D eigenvalue weighted by Gasteiger charge is 2.30. The van der Waals surface area contributed by atoms with Crippen molar-refractivity contribution in [2.45, 2.75) is 5.38 Å². The zero-order valence-corrected chi connectivity index (χ0v) is 8.09. The Balaban J connectivity index is 3.11. The first-order valence-corrected chi connectivity index (χ1v) is 4.12. The SMILES string of the molecule is CN(C)C1=C(F)C(Cl)C(=[N+]=[N-])C=C1. The Morgan fingerprint density at radius 1 is 1.54 bits per heavy atom. The zero-order chi connectivity index (χ0) is 10.0. The summed E-state index contributed by atoms with van der Waals surface area (Å²) >= 11 is 5.67. The van der Waals surface area contributed by atoms with Gasteiger partial charge in [0.2, 0.25) is 0 Å². The Morgan fingerprint density at radius 2 is 2.15 bits per heavy atom. The molecule has 5 heteroatoms. The predicted molar refractivity (Wildman–Crippen MR) is 49.2 cm³/mol. The molecule has 0 aliphatic heterocycles. The van der Waals surface area contributed by atoms with Gasteiger partial charge in [-0.1, -0.05) is 0 Å². The maximum Gasteiger partial charge on any atom is 0.316 e. The Bertz CT molecular complexity index is 326. The molecule has 1 unspecified atom stereocenters. The van der Waals surface area contributed by atoms with Crippen LogP contribution in [0.2, 0.25) is 0 Å². The van der Waals surface area contributed by atoms with E-state index in [1.807, 2.05) is 0 Å². The summed E-state index contributed by atoms with van der Waals surface area (Å²) in [6, 6.07) is 0. The highest BCUT2D eigenvalue weighted by atomic mass is 35.5. The van der Waals surface area contributed by atoms with Crippen LogP contribution in [0.3, 0.4) is 0 Å². The van der Waals surface area contributed by atoms with Gasteiger partial charge in [-0.15, -0.1) is 11.6 Å². The minimum Gasteiger partial charge on any atom is -0.376 e. The molecular formula is C8H9ClFN3. The van der Waals surface area contributed by atoms with Gasteiger partial charge < -0.3 is 10.4 Å². The van der Waals surface area contributed by atoms with E-state index in [0.717, 1.165) is 0 Å². The number of nitrogens with zero attached hydrogens (tertiary/aromatic N) is 3. The van der Waals surface area contributed by atoms with Crippen LogP contribution in [0.15, 0.2) is 23.7 Å². The Kier molecular flexibility index (Phi) is 2.86. The van der Waals surface area contributed by atoms with Crippen molar-refractivity contribution >= 4 is 17.3 Å². The van der Waals surface area contributed by atoms with Crippen LogP contribution in [0.5, 0.6) is 0 Å². The van der Waals surface area contributed by atoms with E-state index in [1.165, 1.54) is 12.2 Å². The van der Waals surface area contributed by atoms with E-state index in [4.69, 9.17) is 17.1 Å². The molecule has 0 aromatic carbocycles. The largest absolute Gasteiger partial charge is 0.376 e. The van der Waals surface area contributed by atoms with Crippen molar-refractivity contribution in [2.75, 3.05) is 14.1 Å². The van der Waals surface area contributed by atoms with Crippen molar-refractivity contribution < 1.29 is 9.18 Å². The van der Waals surface area contributed by atoms with Crippen LogP contribution in [0.4, 0.5) is 4.39 Å². The Labute approximate surface area is 80.7 Å². The average molecular weight is 202 g/mol. The monoisotopic (exact) mass is 201 g/mol.